The number of thiophene rings is 1. The van der Waals surface area contributed by atoms with Gasteiger partial charge in [-0.05, 0) is 25.3 Å². The molecule has 5 nitrogen and oxygen atoms in total. The van der Waals surface area contributed by atoms with Crippen LogP contribution >= 0.6 is 11.3 Å². The van der Waals surface area contributed by atoms with Gasteiger partial charge in [-0.25, -0.2) is 4.79 Å². The first-order valence-electron chi connectivity index (χ1n) is 5.40. The minimum atomic E-state index is -0.536. The fourth-order valence-electron chi connectivity index (χ4n) is 1.31. The lowest BCUT2D eigenvalue weighted by Crippen LogP contribution is -2.29. The number of carbonyl (C=O) groups is 2. The van der Waals surface area contributed by atoms with Crippen LogP contribution in [0.2, 0.25) is 0 Å². The van der Waals surface area contributed by atoms with Crippen molar-refractivity contribution < 1.29 is 19.1 Å². The monoisotopic (exact) mass is 271 g/mol. The number of amides is 1. The average Bonchev–Trinajstić information content (AvgIpc) is 2.75. The quantitative estimate of drug-likeness (QED) is 0.834. The molecule has 0 saturated heterocycles. The maximum absolute atomic E-state index is 11.8. The number of ether oxygens (including phenoxy) is 2. The maximum Gasteiger partial charge on any atom is 0.350 e. The molecule has 0 aromatic carbocycles. The summed E-state index contributed by atoms with van der Waals surface area (Å²) in [4.78, 5) is 23.6. The molecule has 18 heavy (non-hydrogen) atoms. The molecule has 0 unspecified atom stereocenters. The molecule has 0 bridgehead atoms. The summed E-state index contributed by atoms with van der Waals surface area (Å²) in [5, 5.41) is 4.41. The Morgan fingerprint density at radius 1 is 1.39 bits per heavy atom. The largest absolute Gasteiger partial charge is 0.465 e. The number of anilines is 1. The van der Waals surface area contributed by atoms with E-state index in [-0.39, 0.29) is 12.3 Å². The van der Waals surface area contributed by atoms with E-state index in [0.29, 0.717) is 10.6 Å². The van der Waals surface area contributed by atoms with Crippen LogP contribution in [0.1, 0.15) is 29.9 Å². The van der Waals surface area contributed by atoms with Crippen molar-refractivity contribution in [3.63, 3.8) is 0 Å². The van der Waals surface area contributed by atoms with Crippen molar-refractivity contribution in [2.75, 3.05) is 19.5 Å². The van der Waals surface area contributed by atoms with Crippen LogP contribution in [-0.4, -0.2) is 31.7 Å². The van der Waals surface area contributed by atoms with Crippen molar-refractivity contribution in [2.45, 2.75) is 25.9 Å². The van der Waals surface area contributed by atoms with Crippen molar-refractivity contribution in [1.82, 2.24) is 0 Å². The zero-order chi connectivity index (χ0) is 13.8. The Morgan fingerprint density at radius 2 is 2.06 bits per heavy atom. The first-order chi connectivity index (χ1) is 8.39. The van der Waals surface area contributed by atoms with Crippen LogP contribution < -0.4 is 5.32 Å². The maximum atomic E-state index is 11.8. The molecule has 1 aromatic rings. The third-order valence-corrected chi connectivity index (χ3v) is 3.34. The molecule has 6 heteroatoms. The van der Waals surface area contributed by atoms with Crippen LogP contribution in [0.3, 0.4) is 0 Å². The van der Waals surface area contributed by atoms with Crippen LogP contribution in [0, 0.1) is 0 Å². The van der Waals surface area contributed by atoms with Crippen molar-refractivity contribution >= 4 is 28.9 Å². The lowest BCUT2D eigenvalue weighted by molar-refractivity contribution is -0.121. The zero-order valence-electron chi connectivity index (χ0n) is 10.9. The van der Waals surface area contributed by atoms with E-state index in [1.807, 2.05) is 13.8 Å². The van der Waals surface area contributed by atoms with Gasteiger partial charge in [0.25, 0.3) is 0 Å². The summed E-state index contributed by atoms with van der Waals surface area (Å²) in [6.07, 6.45) is 0.208. The van der Waals surface area contributed by atoms with Crippen molar-refractivity contribution in [3.05, 3.63) is 16.3 Å². The van der Waals surface area contributed by atoms with Crippen molar-refractivity contribution in [2.24, 2.45) is 0 Å². The van der Waals surface area contributed by atoms with E-state index in [9.17, 15) is 9.59 Å². The van der Waals surface area contributed by atoms with E-state index in [4.69, 9.17) is 4.74 Å². The highest BCUT2D eigenvalue weighted by Gasteiger charge is 2.22. The summed E-state index contributed by atoms with van der Waals surface area (Å²) < 4.78 is 9.81. The predicted molar refractivity (Wildman–Crippen MR) is 70.0 cm³/mol. The van der Waals surface area contributed by atoms with Gasteiger partial charge in [0.05, 0.1) is 24.8 Å². The molecule has 0 aliphatic heterocycles. The normalized spacial score (nSPS) is 11.1. The van der Waals surface area contributed by atoms with Crippen molar-refractivity contribution in [3.8, 4) is 0 Å². The SMILES string of the molecule is COC(=O)c1sccc1NC(=O)CC(C)(C)OC. The zero-order valence-corrected chi connectivity index (χ0v) is 11.7. The summed E-state index contributed by atoms with van der Waals surface area (Å²) >= 11 is 1.23. The second kappa shape index (κ2) is 5.97. The molecule has 1 heterocycles. The van der Waals surface area contributed by atoms with E-state index in [1.165, 1.54) is 18.4 Å². The van der Waals surface area contributed by atoms with Crippen LogP contribution in [-0.2, 0) is 14.3 Å². The Labute approximate surface area is 110 Å². The van der Waals surface area contributed by atoms with Gasteiger partial charge in [-0.1, -0.05) is 0 Å². The highest BCUT2D eigenvalue weighted by Crippen LogP contribution is 2.24. The van der Waals surface area contributed by atoms with Crippen LogP contribution in [0.15, 0.2) is 11.4 Å². The molecular weight excluding hydrogens is 254 g/mol. The molecule has 0 atom stereocenters. The molecule has 1 amide bonds. The molecule has 0 aliphatic rings. The summed E-state index contributed by atoms with van der Waals surface area (Å²) in [5.41, 5.74) is -0.0605. The second-order valence-corrected chi connectivity index (χ2v) is 5.26. The Balaban J connectivity index is 2.71. The lowest BCUT2D eigenvalue weighted by atomic mass is 10.0. The summed E-state index contributed by atoms with van der Waals surface area (Å²) in [6, 6.07) is 1.68. The highest BCUT2D eigenvalue weighted by molar-refractivity contribution is 7.12. The molecule has 0 radical (unpaired) electrons. The third kappa shape index (κ3) is 3.82. The first-order valence-corrected chi connectivity index (χ1v) is 6.28. The molecular formula is C12H17NO4S. The average molecular weight is 271 g/mol. The second-order valence-electron chi connectivity index (χ2n) is 4.34. The Morgan fingerprint density at radius 3 is 2.61 bits per heavy atom. The number of carbonyl (C=O) groups excluding carboxylic acids is 2. The van der Waals surface area contributed by atoms with Gasteiger partial charge >= 0.3 is 5.97 Å². The van der Waals surface area contributed by atoms with Crippen LogP contribution in [0.25, 0.3) is 0 Å². The number of methoxy groups -OCH3 is 2. The fraction of sp³-hybridized carbons (Fsp3) is 0.500. The van der Waals surface area contributed by atoms with E-state index in [1.54, 1.807) is 18.6 Å². The Hall–Kier alpha value is -1.40. The van der Waals surface area contributed by atoms with E-state index in [2.05, 4.69) is 10.1 Å². The molecule has 0 spiro atoms. The van der Waals surface area contributed by atoms with Gasteiger partial charge in [0.1, 0.15) is 4.88 Å². The third-order valence-electron chi connectivity index (χ3n) is 2.45. The number of hydrogen-bond donors (Lipinski definition) is 1. The van der Waals surface area contributed by atoms with Gasteiger partial charge in [0.2, 0.25) is 5.91 Å². The van der Waals surface area contributed by atoms with E-state index >= 15 is 0 Å². The molecule has 1 rings (SSSR count). The predicted octanol–water partition coefficient (Wildman–Crippen LogP) is 2.29. The van der Waals surface area contributed by atoms with Gasteiger partial charge in [-0.15, -0.1) is 11.3 Å². The molecule has 1 aromatic heterocycles. The van der Waals surface area contributed by atoms with Crippen LogP contribution in [0.5, 0.6) is 0 Å². The summed E-state index contributed by atoms with van der Waals surface area (Å²) in [6.45, 7) is 3.64. The van der Waals surface area contributed by atoms with Gasteiger partial charge in [0.15, 0.2) is 0 Å². The van der Waals surface area contributed by atoms with E-state index < -0.39 is 11.6 Å². The Kier molecular flexibility index (Phi) is 4.86. The summed E-state index contributed by atoms with van der Waals surface area (Å²) in [7, 11) is 2.86. The smallest absolute Gasteiger partial charge is 0.350 e. The molecule has 0 aliphatic carbocycles. The number of nitrogens with one attached hydrogen (secondary N) is 1. The fourth-order valence-corrected chi connectivity index (χ4v) is 2.08. The van der Waals surface area contributed by atoms with Crippen LogP contribution in [0.4, 0.5) is 5.69 Å². The standard InChI is InChI=1S/C12H17NO4S/c1-12(2,17-4)7-9(14)13-8-5-6-18-10(8)11(15)16-3/h5-6H,7H2,1-4H3,(H,13,14). The van der Waals surface area contributed by atoms with Gasteiger partial charge in [-0.3, -0.25) is 4.79 Å². The molecule has 0 fully saturated rings. The first kappa shape index (κ1) is 14.7. The van der Waals surface area contributed by atoms with Gasteiger partial charge in [-0.2, -0.15) is 0 Å². The number of esters is 1. The molecule has 1 N–H and O–H groups in total. The van der Waals surface area contributed by atoms with E-state index in [0.717, 1.165) is 0 Å². The number of rotatable bonds is 5. The van der Waals surface area contributed by atoms with Crippen molar-refractivity contribution in [1.29, 1.82) is 0 Å². The highest BCUT2D eigenvalue weighted by atomic mass is 32.1. The topological polar surface area (TPSA) is 64.6 Å². The van der Waals surface area contributed by atoms with Gasteiger partial charge < -0.3 is 14.8 Å². The molecule has 0 saturated carbocycles. The Bertz CT molecular complexity index is 439. The summed E-state index contributed by atoms with van der Waals surface area (Å²) in [5.74, 6) is -0.656. The minimum absolute atomic E-state index is 0.203. The lowest BCUT2D eigenvalue weighted by Gasteiger charge is -2.21. The minimum Gasteiger partial charge on any atom is -0.465 e. The van der Waals surface area contributed by atoms with Gasteiger partial charge in [0, 0.05) is 7.11 Å². The molecule has 100 valence electrons. The number of hydrogen-bond acceptors (Lipinski definition) is 5.